The minimum atomic E-state index is -4.08. The Kier molecular flexibility index (Phi) is 5.66. The van der Waals surface area contributed by atoms with Gasteiger partial charge < -0.3 is 9.47 Å². The van der Waals surface area contributed by atoms with Crippen molar-refractivity contribution in [3.05, 3.63) is 81.5 Å². The third kappa shape index (κ3) is 4.13. The quantitative estimate of drug-likeness (QED) is 0.317. The van der Waals surface area contributed by atoms with Gasteiger partial charge in [-0.3, -0.25) is 10.1 Å². The van der Waals surface area contributed by atoms with E-state index in [1.54, 1.807) is 12.1 Å². The van der Waals surface area contributed by atoms with Gasteiger partial charge >= 0.3 is 5.97 Å². The van der Waals surface area contributed by atoms with Crippen LogP contribution in [0.25, 0.3) is 0 Å². The Labute approximate surface area is 167 Å². The number of benzene rings is 2. The van der Waals surface area contributed by atoms with Crippen LogP contribution in [0, 0.1) is 17.0 Å². The smallest absolute Gasteiger partial charge is 0.332 e. The van der Waals surface area contributed by atoms with Crippen LogP contribution in [0.5, 0.6) is 0 Å². The van der Waals surface area contributed by atoms with Crippen LogP contribution in [0.4, 0.5) is 5.69 Å². The number of rotatable bonds is 5. The van der Waals surface area contributed by atoms with Crippen LogP contribution in [0.1, 0.15) is 17.4 Å². The number of sulfonamides is 1. The maximum atomic E-state index is 13.3. The number of carbonyl (C=O) groups excluding carboxylic acids is 1. The Morgan fingerprint density at radius 2 is 1.83 bits per heavy atom. The molecule has 0 N–H and O–H groups in total. The van der Waals surface area contributed by atoms with E-state index in [0.29, 0.717) is 5.56 Å². The van der Waals surface area contributed by atoms with Crippen molar-refractivity contribution in [2.45, 2.75) is 18.0 Å². The van der Waals surface area contributed by atoms with E-state index >= 15 is 0 Å². The maximum Gasteiger partial charge on any atom is 0.332 e. The molecule has 1 saturated heterocycles. The fraction of sp³-hybridized carbons (Fsp3) is 0.211. The lowest BCUT2D eigenvalue weighted by atomic mass is 10.2. The van der Waals surface area contributed by atoms with Crippen LogP contribution in [-0.4, -0.2) is 37.3 Å². The minimum Gasteiger partial charge on any atom is -0.466 e. The van der Waals surface area contributed by atoms with E-state index in [0.717, 1.165) is 15.9 Å². The summed E-state index contributed by atoms with van der Waals surface area (Å²) in [5.41, 5.74) is 1.24. The Balaban J connectivity index is 2.08. The second kappa shape index (κ2) is 8.02. The molecule has 10 heteroatoms. The van der Waals surface area contributed by atoms with Crippen LogP contribution in [0.3, 0.4) is 0 Å². The predicted octanol–water partition coefficient (Wildman–Crippen LogP) is 2.68. The lowest BCUT2D eigenvalue weighted by Gasteiger charge is -2.25. The highest BCUT2D eigenvalue weighted by Gasteiger charge is 2.40. The molecular formula is C19H18N2O7S. The number of esters is 1. The zero-order valence-corrected chi connectivity index (χ0v) is 16.5. The molecule has 1 atom stereocenters. The zero-order valence-electron chi connectivity index (χ0n) is 15.6. The summed E-state index contributed by atoms with van der Waals surface area (Å²) in [7, 11) is -2.90. The Morgan fingerprint density at radius 3 is 2.38 bits per heavy atom. The fourth-order valence-electron chi connectivity index (χ4n) is 2.84. The number of methoxy groups -OCH3 is 1. The molecule has 29 heavy (non-hydrogen) atoms. The average Bonchev–Trinajstić information content (AvgIpc) is 3.12. The van der Waals surface area contributed by atoms with Crippen LogP contribution in [0.15, 0.2) is 65.2 Å². The van der Waals surface area contributed by atoms with Gasteiger partial charge in [0.05, 0.1) is 29.2 Å². The van der Waals surface area contributed by atoms with Crippen molar-refractivity contribution in [1.29, 1.82) is 0 Å². The summed E-state index contributed by atoms with van der Waals surface area (Å²) in [4.78, 5) is 22.1. The topological polar surface area (TPSA) is 116 Å². The molecule has 9 nitrogen and oxygen atoms in total. The third-order valence-corrected chi connectivity index (χ3v) is 6.15. The van der Waals surface area contributed by atoms with Gasteiger partial charge in [0.2, 0.25) is 0 Å². The average molecular weight is 418 g/mol. The van der Waals surface area contributed by atoms with Gasteiger partial charge in [-0.2, -0.15) is 0 Å². The number of aryl methyl sites for hydroxylation is 1. The molecule has 0 aromatic heterocycles. The fourth-order valence-corrected chi connectivity index (χ4v) is 4.40. The molecular weight excluding hydrogens is 400 g/mol. The van der Waals surface area contributed by atoms with Crippen molar-refractivity contribution in [3.63, 3.8) is 0 Å². The first-order valence-electron chi connectivity index (χ1n) is 8.49. The molecule has 1 fully saturated rings. The third-order valence-electron chi connectivity index (χ3n) is 4.34. The van der Waals surface area contributed by atoms with Crippen molar-refractivity contribution in [2.75, 3.05) is 13.7 Å². The van der Waals surface area contributed by atoms with Crippen LogP contribution in [-0.2, 0) is 24.3 Å². The summed E-state index contributed by atoms with van der Waals surface area (Å²) in [5.74, 6) is -0.725. The summed E-state index contributed by atoms with van der Waals surface area (Å²) < 4.78 is 37.9. The molecule has 0 amide bonds. The van der Waals surface area contributed by atoms with Crippen molar-refractivity contribution in [1.82, 2.24) is 4.31 Å². The molecule has 1 heterocycles. The molecule has 2 aromatic carbocycles. The second-order valence-electron chi connectivity index (χ2n) is 6.28. The van der Waals surface area contributed by atoms with Gasteiger partial charge in [-0.1, -0.05) is 17.7 Å². The summed E-state index contributed by atoms with van der Waals surface area (Å²) in [6.07, 6.45) is -0.0325. The normalized spacial score (nSPS) is 18.1. The molecule has 152 valence electrons. The second-order valence-corrected chi connectivity index (χ2v) is 8.10. The maximum absolute atomic E-state index is 13.3. The van der Waals surface area contributed by atoms with E-state index in [-0.39, 0.29) is 22.9 Å². The summed E-state index contributed by atoms with van der Waals surface area (Å²) in [5, 5.41) is 10.9. The number of hydrogen-bond donors (Lipinski definition) is 0. The van der Waals surface area contributed by atoms with Crippen molar-refractivity contribution in [3.8, 4) is 0 Å². The first kappa shape index (κ1) is 20.5. The molecule has 2 aromatic rings. The predicted molar refractivity (Wildman–Crippen MR) is 102 cm³/mol. The lowest BCUT2D eigenvalue weighted by Crippen LogP contribution is -2.30. The summed E-state index contributed by atoms with van der Waals surface area (Å²) in [6.45, 7) is 1.68. The Bertz CT molecular complexity index is 1060. The van der Waals surface area contributed by atoms with Gasteiger partial charge in [0.15, 0.2) is 6.23 Å². The number of hydrogen-bond acceptors (Lipinski definition) is 7. The Morgan fingerprint density at radius 1 is 1.21 bits per heavy atom. The van der Waals surface area contributed by atoms with Crippen molar-refractivity contribution in [2.24, 2.45) is 0 Å². The summed E-state index contributed by atoms with van der Waals surface area (Å²) >= 11 is 0. The first-order valence-corrected chi connectivity index (χ1v) is 9.93. The number of carbonyl (C=O) groups is 1. The van der Waals surface area contributed by atoms with Gasteiger partial charge in [0, 0.05) is 23.8 Å². The number of nitro groups is 1. The van der Waals surface area contributed by atoms with Gasteiger partial charge in [0.25, 0.3) is 15.7 Å². The first-order chi connectivity index (χ1) is 13.7. The number of non-ortho nitro benzene ring substituents is 1. The molecule has 0 saturated carbocycles. The van der Waals surface area contributed by atoms with Crippen molar-refractivity contribution >= 4 is 21.7 Å². The van der Waals surface area contributed by atoms with Crippen LogP contribution >= 0.6 is 0 Å². The van der Waals surface area contributed by atoms with E-state index in [9.17, 15) is 23.3 Å². The van der Waals surface area contributed by atoms with Gasteiger partial charge in [-0.25, -0.2) is 17.5 Å². The minimum absolute atomic E-state index is 0.0243. The van der Waals surface area contributed by atoms with Crippen LogP contribution < -0.4 is 0 Å². The van der Waals surface area contributed by atoms with E-state index in [1.807, 2.05) is 6.92 Å². The monoisotopic (exact) mass is 418 g/mol. The molecule has 1 aliphatic heterocycles. The van der Waals surface area contributed by atoms with E-state index < -0.39 is 27.1 Å². The standard InChI is InChI=1S/C19H18N2O7S/c1-13-3-9-17(10-4-13)29(25,26)20-16(11-18(22)27-2)12-28-19(20)14-5-7-15(8-6-14)21(23)24/h3-11,19H,12H2,1-2H3/b16-11+. The molecule has 0 aliphatic carbocycles. The van der Waals surface area contributed by atoms with Gasteiger partial charge in [-0.15, -0.1) is 0 Å². The highest BCUT2D eigenvalue weighted by Crippen LogP contribution is 2.38. The highest BCUT2D eigenvalue weighted by molar-refractivity contribution is 7.89. The van der Waals surface area contributed by atoms with E-state index in [2.05, 4.69) is 4.74 Å². The molecule has 0 bridgehead atoms. The zero-order chi connectivity index (χ0) is 21.2. The van der Waals surface area contributed by atoms with E-state index in [4.69, 9.17) is 4.74 Å². The lowest BCUT2D eigenvalue weighted by molar-refractivity contribution is -0.384. The molecule has 3 rings (SSSR count). The number of nitro benzene ring substituents is 1. The number of ether oxygens (including phenoxy) is 2. The molecule has 1 aliphatic rings. The highest BCUT2D eigenvalue weighted by atomic mass is 32.2. The van der Waals surface area contributed by atoms with Crippen molar-refractivity contribution < 1.29 is 27.6 Å². The van der Waals surface area contributed by atoms with Gasteiger partial charge in [0.1, 0.15) is 0 Å². The SMILES string of the molecule is COC(=O)/C=C1\COC(c2ccc([N+](=O)[O-])cc2)N1S(=O)(=O)c1ccc(C)cc1. The Hall–Kier alpha value is -3.24. The summed E-state index contributed by atoms with van der Waals surface area (Å²) in [6, 6.07) is 11.6. The van der Waals surface area contributed by atoms with Gasteiger partial charge in [-0.05, 0) is 31.2 Å². The molecule has 0 spiro atoms. The largest absolute Gasteiger partial charge is 0.466 e. The molecule has 1 unspecified atom stereocenters. The van der Waals surface area contributed by atoms with E-state index in [1.165, 1.54) is 43.5 Å². The number of nitrogens with zero attached hydrogens (tertiary/aromatic N) is 2. The van der Waals surface area contributed by atoms with Crippen LogP contribution in [0.2, 0.25) is 0 Å². The molecule has 0 radical (unpaired) electrons.